The molecule has 1 saturated heterocycles. The molecule has 1 atom stereocenters. The molecule has 3 heterocycles. The normalized spacial score (nSPS) is 15.9. The van der Waals surface area contributed by atoms with Crippen molar-refractivity contribution in [2.45, 2.75) is 32.2 Å². The molecular formula is C17H25Cl2N5O. The summed E-state index contributed by atoms with van der Waals surface area (Å²) < 4.78 is 1.86. The summed E-state index contributed by atoms with van der Waals surface area (Å²) >= 11 is 0. The van der Waals surface area contributed by atoms with Crippen molar-refractivity contribution in [1.29, 1.82) is 0 Å². The fourth-order valence-electron chi connectivity index (χ4n) is 2.85. The molecule has 1 fully saturated rings. The van der Waals surface area contributed by atoms with E-state index >= 15 is 0 Å². The predicted molar refractivity (Wildman–Crippen MR) is 104 cm³/mol. The number of amides is 1. The summed E-state index contributed by atoms with van der Waals surface area (Å²) in [6.07, 6.45) is 9.08. The molecule has 1 aliphatic rings. The smallest absolute Gasteiger partial charge is 0.225 e. The van der Waals surface area contributed by atoms with Gasteiger partial charge in [0.05, 0.1) is 0 Å². The number of aryl methyl sites for hydroxylation is 2. The molecule has 0 aliphatic carbocycles. The molecule has 2 aromatic rings. The second-order valence-electron chi connectivity index (χ2n) is 6.02. The highest BCUT2D eigenvalue weighted by atomic mass is 35.5. The molecule has 0 bridgehead atoms. The topological polar surface area (TPSA) is 71.8 Å². The Balaban J connectivity index is 0.00000156. The van der Waals surface area contributed by atoms with Crippen LogP contribution in [0.15, 0.2) is 36.8 Å². The van der Waals surface area contributed by atoms with E-state index in [-0.39, 0.29) is 30.7 Å². The lowest BCUT2D eigenvalue weighted by Gasteiger charge is -2.07. The summed E-state index contributed by atoms with van der Waals surface area (Å²) in [6, 6.07) is 5.86. The average Bonchev–Trinajstić information content (AvgIpc) is 3.24. The van der Waals surface area contributed by atoms with Crippen molar-refractivity contribution in [3.05, 3.63) is 42.4 Å². The van der Waals surface area contributed by atoms with Crippen LogP contribution in [0.4, 0.5) is 5.82 Å². The van der Waals surface area contributed by atoms with Gasteiger partial charge in [-0.1, -0.05) is 0 Å². The Bertz CT molecular complexity index is 629. The van der Waals surface area contributed by atoms with Gasteiger partial charge in [-0.3, -0.25) is 14.5 Å². The molecule has 138 valence electrons. The summed E-state index contributed by atoms with van der Waals surface area (Å²) in [7, 11) is 0. The number of pyridine rings is 1. The molecule has 1 unspecified atom stereocenters. The number of hydrogen-bond acceptors (Lipinski definition) is 4. The molecule has 1 aliphatic heterocycles. The fraction of sp³-hybridized carbons (Fsp3) is 0.471. The molecule has 2 aromatic heterocycles. The van der Waals surface area contributed by atoms with Crippen molar-refractivity contribution in [2.75, 3.05) is 18.4 Å². The standard InChI is InChI=1S/C17H23N5O.2ClH/c23-17(2-1-15-5-10-19-13-15)20-16-7-12-22(21-16)11-6-14-3-8-18-9-4-14;;/h3-4,7-9,12,15,19H,1-2,5-6,10-11,13H2,(H,20,21,23);2*1H. The van der Waals surface area contributed by atoms with E-state index < -0.39 is 0 Å². The van der Waals surface area contributed by atoms with Crippen LogP contribution < -0.4 is 10.6 Å². The molecular weight excluding hydrogens is 361 g/mol. The highest BCUT2D eigenvalue weighted by molar-refractivity contribution is 5.89. The molecule has 8 heteroatoms. The van der Waals surface area contributed by atoms with Crippen LogP contribution in [0, 0.1) is 5.92 Å². The average molecular weight is 386 g/mol. The number of anilines is 1. The van der Waals surface area contributed by atoms with Crippen molar-refractivity contribution in [2.24, 2.45) is 5.92 Å². The summed E-state index contributed by atoms with van der Waals surface area (Å²) in [5.41, 5.74) is 1.23. The van der Waals surface area contributed by atoms with E-state index in [1.807, 2.05) is 29.1 Å². The van der Waals surface area contributed by atoms with Gasteiger partial charge in [-0.2, -0.15) is 5.10 Å². The minimum Gasteiger partial charge on any atom is -0.316 e. The molecule has 0 aromatic carbocycles. The van der Waals surface area contributed by atoms with E-state index in [0.717, 1.165) is 32.5 Å². The maximum atomic E-state index is 12.0. The molecule has 1 amide bonds. The summed E-state index contributed by atoms with van der Waals surface area (Å²) in [6.45, 7) is 2.90. The number of hydrogen-bond donors (Lipinski definition) is 2. The Labute approximate surface area is 160 Å². The number of rotatable bonds is 7. The van der Waals surface area contributed by atoms with Gasteiger partial charge in [-0.05, 0) is 56.0 Å². The van der Waals surface area contributed by atoms with Crippen LogP contribution in [-0.2, 0) is 17.8 Å². The van der Waals surface area contributed by atoms with Gasteiger partial charge < -0.3 is 10.6 Å². The van der Waals surface area contributed by atoms with Crippen LogP contribution in [0.5, 0.6) is 0 Å². The molecule has 0 spiro atoms. The molecule has 3 rings (SSSR count). The maximum absolute atomic E-state index is 12.0. The van der Waals surface area contributed by atoms with Gasteiger partial charge in [0.15, 0.2) is 5.82 Å². The fourth-order valence-corrected chi connectivity index (χ4v) is 2.85. The highest BCUT2D eigenvalue weighted by Gasteiger charge is 2.16. The number of carbonyl (C=O) groups excluding carboxylic acids is 1. The number of carbonyl (C=O) groups is 1. The van der Waals surface area contributed by atoms with Crippen LogP contribution in [0.1, 0.15) is 24.8 Å². The quantitative estimate of drug-likeness (QED) is 0.768. The van der Waals surface area contributed by atoms with Crippen molar-refractivity contribution in [3.8, 4) is 0 Å². The third kappa shape index (κ3) is 7.02. The second-order valence-corrected chi connectivity index (χ2v) is 6.02. The van der Waals surface area contributed by atoms with Crippen LogP contribution in [0.3, 0.4) is 0 Å². The maximum Gasteiger partial charge on any atom is 0.225 e. The van der Waals surface area contributed by atoms with E-state index in [4.69, 9.17) is 0 Å². The first kappa shape index (κ1) is 21.4. The van der Waals surface area contributed by atoms with Crippen LogP contribution in [0.2, 0.25) is 0 Å². The van der Waals surface area contributed by atoms with Crippen molar-refractivity contribution in [3.63, 3.8) is 0 Å². The predicted octanol–water partition coefficient (Wildman–Crippen LogP) is 2.69. The second kappa shape index (κ2) is 11.1. The van der Waals surface area contributed by atoms with E-state index in [1.165, 1.54) is 12.0 Å². The highest BCUT2D eigenvalue weighted by Crippen LogP contribution is 2.15. The number of nitrogens with one attached hydrogen (secondary N) is 2. The Hall–Kier alpha value is -1.63. The summed E-state index contributed by atoms with van der Waals surface area (Å²) in [4.78, 5) is 16.0. The molecule has 6 nitrogen and oxygen atoms in total. The van der Waals surface area contributed by atoms with E-state index in [2.05, 4.69) is 20.7 Å². The van der Waals surface area contributed by atoms with E-state index in [0.29, 0.717) is 18.2 Å². The van der Waals surface area contributed by atoms with Gasteiger partial charge in [0.25, 0.3) is 0 Å². The van der Waals surface area contributed by atoms with Crippen LogP contribution in [0.25, 0.3) is 0 Å². The van der Waals surface area contributed by atoms with Crippen LogP contribution in [-0.4, -0.2) is 33.8 Å². The molecule has 0 radical (unpaired) electrons. The van der Waals surface area contributed by atoms with Gasteiger partial charge in [-0.15, -0.1) is 24.8 Å². The third-order valence-electron chi connectivity index (χ3n) is 4.23. The van der Waals surface area contributed by atoms with Gasteiger partial charge in [0.2, 0.25) is 5.91 Å². The zero-order valence-corrected chi connectivity index (χ0v) is 15.7. The summed E-state index contributed by atoms with van der Waals surface area (Å²) in [5, 5.41) is 10.6. The first-order valence-electron chi connectivity index (χ1n) is 8.22. The summed E-state index contributed by atoms with van der Waals surface area (Å²) in [5.74, 6) is 1.32. The number of halogens is 2. The molecule has 0 saturated carbocycles. The van der Waals surface area contributed by atoms with Crippen molar-refractivity contribution >= 4 is 36.5 Å². The van der Waals surface area contributed by atoms with Gasteiger partial charge in [0.1, 0.15) is 0 Å². The van der Waals surface area contributed by atoms with E-state index in [9.17, 15) is 4.79 Å². The van der Waals surface area contributed by atoms with Gasteiger partial charge in [-0.25, -0.2) is 0 Å². The Morgan fingerprint density at radius 1 is 1.28 bits per heavy atom. The number of aromatic nitrogens is 3. The van der Waals surface area contributed by atoms with Gasteiger partial charge in [0, 0.05) is 37.6 Å². The Morgan fingerprint density at radius 2 is 2.08 bits per heavy atom. The zero-order valence-electron chi connectivity index (χ0n) is 14.1. The third-order valence-corrected chi connectivity index (χ3v) is 4.23. The Kier molecular flexibility index (Phi) is 9.49. The zero-order chi connectivity index (χ0) is 15.9. The minimum absolute atomic E-state index is 0. The van der Waals surface area contributed by atoms with Crippen molar-refractivity contribution < 1.29 is 4.79 Å². The van der Waals surface area contributed by atoms with Crippen molar-refractivity contribution in [1.82, 2.24) is 20.1 Å². The first-order chi connectivity index (χ1) is 11.3. The lowest BCUT2D eigenvalue weighted by atomic mass is 10.0. The molecule has 25 heavy (non-hydrogen) atoms. The molecule has 2 N–H and O–H groups in total. The Morgan fingerprint density at radius 3 is 2.80 bits per heavy atom. The number of nitrogens with zero attached hydrogens (tertiary/aromatic N) is 3. The van der Waals surface area contributed by atoms with Crippen LogP contribution >= 0.6 is 24.8 Å². The lowest BCUT2D eigenvalue weighted by Crippen LogP contribution is -2.15. The lowest BCUT2D eigenvalue weighted by molar-refractivity contribution is -0.116. The minimum atomic E-state index is 0. The van der Waals surface area contributed by atoms with E-state index in [1.54, 1.807) is 12.4 Å². The largest absolute Gasteiger partial charge is 0.316 e. The first-order valence-corrected chi connectivity index (χ1v) is 8.22. The SMILES string of the molecule is Cl.Cl.O=C(CCC1CCNC1)Nc1ccn(CCc2ccncc2)n1. The monoisotopic (exact) mass is 385 g/mol. The van der Waals surface area contributed by atoms with Gasteiger partial charge >= 0.3 is 0 Å².